The zero-order chi connectivity index (χ0) is 8.85. The molecule has 5 nitrogen and oxygen atoms in total. The van der Waals surface area contributed by atoms with E-state index in [2.05, 4.69) is 4.18 Å². The lowest BCUT2D eigenvalue weighted by atomic mass is 10.2. The van der Waals surface area contributed by atoms with Crippen molar-refractivity contribution in [2.75, 3.05) is 6.61 Å². The van der Waals surface area contributed by atoms with E-state index < -0.39 is 30.2 Å². The largest absolute Gasteiger partial charge is 0.394 e. The van der Waals surface area contributed by atoms with Crippen molar-refractivity contribution in [3.05, 3.63) is 0 Å². The molecule has 0 saturated heterocycles. The average Bonchev–Trinajstić information content (AvgIpc) is 1.98. The Morgan fingerprint density at radius 3 is 2.45 bits per heavy atom. The van der Waals surface area contributed by atoms with Crippen molar-refractivity contribution >= 4 is 11.4 Å². The lowest BCUT2D eigenvalue weighted by molar-refractivity contribution is 0.000192. The molecular weight excluding hydrogens is 172 g/mol. The Labute approximate surface area is 67.5 Å². The van der Waals surface area contributed by atoms with Crippen LogP contribution in [0, 0.1) is 0 Å². The van der Waals surface area contributed by atoms with Crippen LogP contribution in [0.25, 0.3) is 0 Å². The molecule has 0 spiro atoms. The maximum absolute atomic E-state index is 10.1. The first-order chi connectivity index (χ1) is 5.11. The van der Waals surface area contributed by atoms with E-state index in [9.17, 15) is 4.21 Å². The third-order valence-corrected chi connectivity index (χ3v) is 1.64. The fourth-order valence-corrected chi connectivity index (χ4v) is 1.10. The van der Waals surface area contributed by atoms with E-state index in [0.717, 1.165) is 0 Å². The van der Waals surface area contributed by atoms with Gasteiger partial charge in [-0.25, -0.2) is 0 Å². The van der Waals surface area contributed by atoms with Gasteiger partial charge in [-0.15, -0.1) is 0 Å². The van der Waals surface area contributed by atoms with E-state index in [1.54, 1.807) is 6.92 Å². The summed E-state index contributed by atoms with van der Waals surface area (Å²) >= 11 is -2.39. The zero-order valence-electron chi connectivity index (χ0n) is 6.14. The van der Waals surface area contributed by atoms with Crippen molar-refractivity contribution in [3.8, 4) is 0 Å². The van der Waals surface area contributed by atoms with Crippen molar-refractivity contribution in [3.63, 3.8) is 0 Å². The predicted octanol–water partition coefficient (Wildman–Crippen LogP) is -0.729. The van der Waals surface area contributed by atoms with Gasteiger partial charge in [0.1, 0.15) is 12.2 Å². The molecule has 0 aromatic carbocycles. The van der Waals surface area contributed by atoms with Crippen molar-refractivity contribution in [1.82, 2.24) is 0 Å². The monoisotopic (exact) mass is 184 g/mol. The molecule has 0 heterocycles. The Hall–Kier alpha value is -0.0100. The third kappa shape index (κ3) is 4.44. The smallest absolute Gasteiger partial charge is 0.302 e. The summed E-state index contributed by atoms with van der Waals surface area (Å²) < 4.78 is 22.7. The standard InChI is InChI=1S/C5H12O5S/c1-2-5(4(7)3-6)10-11(8)9/h4-7H,2-3H2,1H3,(H,8,9). The molecule has 0 amide bonds. The van der Waals surface area contributed by atoms with E-state index in [0.29, 0.717) is 6.42 Å². The van der Waals surface area contributed by atoms with Crippen LogP contribution < -0.4 is 0 Å². The molecule has 0 aliphatic heterocycles. The molecule has 3 unspecified atom stereocenters. The summed E-state index contributed by atoms with van der Waals surface area (Å²) in [5.74, 6) is 0. The van der Waals surface area contributed by atoms with Crippen LogP contribution in [-0.4, -0.2) is 37.8 Å². The zero-order valence-corrected chi connectivity index (χ0v) is 6.95. The lowest BCUT2D eigenvalue weighted by Crippen LogP contribution is -2.31. The molecule has 3 N–H and O–H groups in total. The maximum Gasteiger partial charge on any atom is 0.302 e. The van der Waals surface area contributed by atoms with Crippen LogP contribution in [0.4, 0.5) is 0 Å². The van der Waals surface area contributed by atoms with Gasteiger partial charge < -0.3 is 10.2 Å². The summed E-state index contributed by atoms with van der Waals surface area (Å²) in [6.45, 7) is 1.20. The highest BCUT2D eigenvalue weighted by molar-refractivity contribution is 7.74. The van der Waals surface area contributed by atoms with Crippen LogP contribution in [0.1, 0.15) is 13.3 Å². The van der Waals surface area contributed by atoms with Crippen molar-refractivity contribution < 1.29 is 23.2 Å². The molecule has 68 valence electrons. The highest BCUT2D eigenvalue weighted by Gasteiger charge is 2.19. The van der Waals surface area contributed by atoms with Gasteiger partial charge >= 0.3 is 11.4 Å². The van der Waals surface area contributed by atoms with E-state index in [-0.39, 0.29) is 0 Å². The Balaban J connectivity index is 3.84. The topological polar surface area (TPSA) is 87.0 Å². The van der Waals surface area contributed by atoms with E-state index in [1.165, 1.54) is 0 Å². The molecule has 0 saturated carbocycles. The first-order valence-electron chi connectivity index (χ1n) is 3.18. The van der Waals surface area contributed by atoms with Gasteiger partial charge in [0.2, 0.25) is 0 Å². The fraction of sp³-hybridized carbons (Fsp3) is 1.00. The fourth-order valence-electron chi connectivity index (χ4n) is 0.628. The van der Waals surface area contributed by atoms with Gasteiger partial charge in [-0.2, -0.15) is 4.21 Å². The first kappa shape index (κ1) is 11.0. The van der Waals surface area contributed by atoms with E-state index in [1.807, 2.05) is 0 Å². The minimum atomic E-state index is -2.39. The second-order valence-corrected chi connectivity index (χ2v) is 2.64. The highest BCUT2D eigenvalue weighted by atomic mass is 32.2. The normalized spacial score (nSPS) is 19.3. The third-order valence-electron chi connectivity index (χ3n) is 1.22. The number of aliphatic hydroxyl groups excluding tert-OH is 2. The van der Waals surface area contributed by atoms with Crippen LogP contribution in [0.15, 0.2) is 0 Å². The summed E-state index contributed by atoms with van der Waals surface area (Å²) in [6.07, 6.45) is -1.52. The summed E-state index contributed by atoms with van der Waals surface area (Å²) in [5.41, 5.74) is 0. The molecule has 0 aliphatic rings. The molecule has 0 bridgehead atoms. The molecule has 0 aromatic heterocycles. The van der Waals surface area contributed by atoms with Crippen LogP contribution in [0.2, 0.25) is 0 Å². The Morgan fingerprint density at radius 1 is 1.64 bits per heavy atom. The average molecular weight is 184 g/mol. The predicted molar refractivity (Wildman–Crippen MR) is 39.0 cm³/mol. The second-order valence-electron chi connectivity index (χ2n) is 2.01. The minimum absolute atomic E-state index is 0.369. The number of rotatable bonds is 5. The van der Waals surface area contributed by atoms with Crippen LogP contribution in [-0.2, 0) is 15.5 Å². The Morgan fingerprint density at radius 2 is 2.18 bits per heavy atom. The molecule has 0 rings (SSSR count). The number of hydrogen-bond donors (Lipinski definition) is 3. The molecule has 0 aromatic rings. The van der Waals surface area contributed by atoms with Crippen molar-refractivity contribution in [2.45, 2.75) is 25.6 Å². The van der Waals surface area contributed by atoms with Crippen LogP contribution >= 0.6 is 0 Å². The van der Waals surface area contributed by atoms with Gasteiger partial charge in [0, 0.05) is 0 Å². The van der Waals surface area contributed by atoms with Crippen molar-refractivity contribution in [1.29, 1.82) is 0 Å². The second kappa shape index (κ2) is 5.62. The number of aliphatic hydroxyl groups is 2. The lowest BCUT2D eigenvalue weighted by Gasteiger charge is -2.16. The molecule has 0 fully saturated rings. The Kier molecular flexibility index (Phi) is 5.61. The quantitative estimate of drug-likeness (QED) is 0.490. The molecule has 0 aliphatic carbocycles. The van der Waals surface area contributed by atoms with Gasteiger partial charge in [-0.1, -0.05) is 6.92 Å². The molecular formula is C5H12O5S. The number of hydrogen-bond acceptors (Lipinski definition) is 4. The van der Waals surface area contributed by atoms with E-state index >= 15 is 0 Å². The van der Waals surface area contributed by atoms with Crippen molar-refractivity contribution in [2.24, 2.45) is 0 Å². The maximum atomic E-state index is 10.1. The summed E-state index contributed by atoms with van der Waals surface area (Å²) in [6, 6.07) is 0. The van der Waals surface area contributed by atoms with Crippen LogP contribution in [0.3, 0.4) is 0 Å². The van der Waals surface area contributed by atoms with Gasteiger partial charge in [0.25, 0.3) is 0 Å². The SMILES string of the molecule is CCC(OS(=O)O)C(O)CO. The molecule has 6 heteroatoms. The summed E-state index contributed by atoms with van der Waals surface area (Å²) in [7, 11) is 0. The van der Waals surface area contributed by atoms with Gasteiger partial charge in [0.15, 0.2) is 0 Å². The van der Waals surface area contributed by atoms with Gasteiger partial charge in [-0.3, -0.25) is 8.74 Å². The van der Waals surface area contributed by atoms with E-state index in [4.69, 9.17) is 14.8 Å². The first-order valence-corrected chi connectivity index (χ1v) is 4.21. The minimum Gasteiger partial charge on any atom is -0.394 e. The Bertz CT molecular complexity index is 128. The highest BCUT2D eigenvalue weighted by Crippen LogP contribution is 2.04. The molecule has 0 radical (unpaired) electrons. The summed E-state index contributed by atoms with van der Waals surface area (Å²) in [4.78, 5) is 0. The molecule has 3 atom stereocenters. The summed E-state index contributed by atoms with van der Waals surface area (Å²) in [5, 5.41) is 17.4. The molecule has 11 heavy (non-hydrogen) atoms. The van der Waals surface area contributed by atoms with Gasteiger partial charge in [-0.05, 0) is 6.42 Å². The van der Waals surface area contributed by atoms with Gasteiger partial charge in [0.05, 0.1) is 6.61 Å². The van der Waals surface area contributed by atoms with Crippen LogP contribution in [0.5, 0.6) is 0 Å².